The predicted molar refractivity (Wildman–Crippen MR) is 81.2 cm³/mol. The number of carbonyl (C=O) groups excluding carboxylic acids is 2. The largest absolute Gasteiger partial charge is 0.360 e. The van der Waals surface area contributed by atoms with E-state index in [9.17, 15) is 9.59 Å². The van der Waals surface area contributed by atoms with Crippen LogP contribution in [0.15, 0.2) is 22.3 Å². The number of thioether (sulfide) groups is 1. The van der Waals surface area contributed by atoms with Crippen LogP contribution >= 0.6 is 23.1 Å². The Morgan fingerprint density at radius 2 is 2.19 bits per heavy atom. The van der Waals surface area contributed by atoms with Crippen LogP contribution in [0.4, 0.5) is 5.82 Å². The zero-order chi connectivity index (χ0) is 15.1. The fourth-order valence-corrected chi connectivity index (χ4v) is 2.59. The SMILES string of the molecule is Cc1cc(NC(=O)CSCC(=O)NCc2cncs2)no1. The maximum absolute atomic E-state index is 11.6. The van der Waals surface area contributed by atoms with Gasteiger partial charge >= 0.3 is 0 Å². The summed E-state index contributed by atoms with van der Waals surface area (Å²) in [5.74, 6) is 1.08. The predicted octanol–water partition coefficient (Wildman–Crippen LogP) is 1.43. The molecule has 2 aromatic rings. The number of hydrogen-bond acceptors (Lipinski definition) is 7. The first-order valence-electron chi connectivity index (χ1n) is 6.08. The molecule has 0 fully saturated rings. The van der Waals surface area contributed by atoms with Crippen molar-refractivity contribution in [1.82, 2.24) is 15.5 Å². The number of hydrogen-bond donors (Lipinski definition) is 2. The Morgan fingerprint density at radius 1 is 1.38 bits per heavy atom. The van der Waals surface area contributed by atoms with E-state index in [0.717, 1.165) is 4.88 Å². The van der Waals surface area contributed by atoms with E-state index in [1.54, 1.807) is 24.7 Å². The molecule has 2 amide bonds. The van der Waals surface area contributed by atoms with Crippen molar-refractivity contribution in [2.75, 3.05) is 16.8 Å². The van der Waals surface area contributed by atoms with E-state index in [0.29, 0.717) is 18.1 Å². The molecule has 112 valence electrons. The maximum atomic E-state index is 11.6. The first kappa shape index (κ1) is 15.5. The lowest BCUT2D eigenvalue weighted by atomic mass is 10.5. The van der Waals surface area contributed by atoms with Crippen LogP contribution in [0.25, 0.3) is 0 Å². The minimum atomic E-state index is -0.219. The molecule has 0 unspecified atom stereocenters. The number of aryl methyl sites for hydroxylation is 1. The Bertz CT molecular complexity index is 597. The summed E-state index contributed by atoms with van der Waals surface area (Å²) in [5.41, 5.74) is 1.71. The van der Waals surface area contributed by atoms with Crippen molar-refractivity contribution in [2.24, 2.45) is 0 Å². The van der Waals surface area contributed by atoms with Crippen LogP contribution in [0.5, 0.6) is 0 Å². The van der Waals surface area contributed by atoms with Crippen LogP contribution in [0.1, 0.15) is 10.6 Å². The van der Waals surface area contributed by atoms with Crippen molar-refractivity contribution < 1.29 is 14.1 Å². The van der Waals surface area contributed by atoms with Crippen molar-refractivity contribution in [2.45, 2.75) is 13.5 Å². The van der Waals surface area contributed by atoms with E-state index in [2.05, 4.69) is 20.8 Å². The molecule has 0 aromatic carbocycles. The molecule has 0 radical (unpaired) electrons. The topological polar surface area (TPSA) is 97.1 Å². The summed E-state index contributed by atoms with van der Waals surface area (Å²) in [7, 11) is 0. The zero-order valence-electron chi connectivity index (χ0n) is 11.3. The van der Waals surface area contributed by atoms with Crippen molar-refractivity contribution >= 4 is 40.7 Å². The first-order valence-corrected chi connectivity index (χ1v) is 8.12. The third-order valence-corrected chi connectivity index (χ3v) is 4.02. The highest BCUT2D eigenvalue weighted by atomic mass is 32.2. The van der Waals surface area contributed by atoms with Crippen molar-refractivity contribution in [3.05, 3.63) is 28.4 Å². The lowest BCUT2D eigenvalue weighted by molar-refractivity contribution is -0.118. The number of carbonyl (C=O) groups is 2. The van der Waals surface area contributed by atoms with Gasteiger partial charge in [-0.2, -0.15) is 0 Å². The number of nitrogens with one attached hydrogen (secondary N) is 2. The Kier molecular flexibility index (Phi) is 5.76. The van der Waals surface area contributed by atoms with E-state index >= 15 is 0 Å². The monoisotopic (exact) mass is 326 g/mol. The van der Waals surface area contributed by atoms with Crippen LogP contribution in [0, 0.1) is 6.92 Å². The summed E-state index contributed by atoms with van der Waals surface area (Å²) >= 11 is 2.72. The summed E-state index contributed by atoms with van der Waals surface area (Å²) in [5, 5.41) is 9.01. The lowest BCUT2D eigenvalue weighted by Crippen LogP contribution is -2.25. The molecule has 0 bridgehead atoms. The van der Waals surface area contributed by atoms with Crippen LogP contribution in [0.3, 0.4) is 0 Å². The fraction of sp³-hybridized carbons (Fsp3) is 0.333. The average Bonchev–Trinajstić information content (AvgIpc) is 3.08. The fourth-order valence-electron chi connectivity index (χ4n) is 1.41. The third kappa shape index (κ3) is 5.56. The number of anilines is 1. The molecular formula is C12H14N4O3S2. The maximum Gasteiger partial charge on any atom is 0.235 e. The first-order chi connectivity index (χ1) is 10.1. The molecule has 0 aliphatic carbocycles. The number of thiazole rings is 1. The Labute approximate surface area is 129 Å². The van der Waals surface area contributed by atoms with Gasteiger partial charge in [0.05, 0.1) is 23.6 Å². The van der Waals surface area contributed by atoms with Crippen LogP contribution < -0.4 is 10.6 Å². The molecule has 21 heavy (non-hydrogen) atoms. The molecule has 7 nitrogen and oxygen atoms in total. The van der Waals surface area contributed by atoms with Crippen molar-refractivity contribution in [1.29, 1.82) is 0 Å². The van der Waals surface area contributed by atoms with Gasteiger partial charge in [-0.3, -0.25) is 14.6 Å². The molecular weight excluding hydrogens is 312 g/mol. The van der Waals surface area contributed by atoms with E-state index < -0.39 is 0 Å². The normalized spacial score (nSPS) is 10.3. The minimum Gasteiger partial charge on any atom is -0.360 e. The van der Waals surface area contributed by atoms with Gasteiger partial charge in [-0.25, -0.2) is 0 Å². The second kappa shape index (κ2) is 7.79. The summed E-state index contributed by atoms with van der Waals surface area (Å²) in [6.07, 6.45) is 1.71. The highest BCUT2D eigenvalue weighted by Gasteiger charge is 2.08. The Balaban J connectivity index is 1.60. The second-order valence-corrected chi connectivity index (χ2v) is 6.06. The summed E-state index contributed by atoms with van der Waals surface area (Å²) < 4.78 is 4.84. The number of amides is 2. The standard InChI is InChI=1S/C12H14N4O3S2/c1-8-2-10(16-19-8)15-12(18)6-20-5-11(17)14-4-9-3-13-7-21-9/h2-3,7H,4-6H2,1H3,(H,14,17)(H,15,16,18). The Hall–Kier alpha value is -1.87. The smallest absolute Gasteiger partial charge is 0.235 e. The molecule has 2 heterocycles. The molecule has 2 rings (SSSR count). The molecule has 9 heteroatoms. The Morgan fingerprint density at radius 3 is 2.86 bits per heavy atom. The average molecular weight is 326 g/mol. The third-order valence-electron chi connectivity index (χ3n) is 2.31. The van der Waals surface area contributed by atoms with Gasteiger partial charge in [-0.15, -0.1) is 23.1 Å². The quantitative estimate of drug-likeness (QED) is 0.799. The number of nitrogens with zero attached hydrogens (tertiary/aromatic N) is 2. The van der Waals surface area contributed by atoms with E-state index in [-0.39, 0.29) is 23.3 Å². The zero-order valence-corrected chi connectivity index (χ0v) is 12.9. The second-order valence-electron chi connectivity index (χ2n) is 4.11. The van der Waals surface area contributed by atoms with E-state index in [1.165, 1.54) is 23.1 Å². The van der Waals surface area contributed by atoms with Crippen molar-refractivity contribution in [3.8, 4) is 0 Å². The molecule has 0 aliphatic rings. The van der Waals surface area contributed by atoms with Crippen molar-refractivity contribution in [3.63, 3.8) is 0 Å². The van der Waals surface area contributed by atoms with Crippen LogP contribution in [-0.2, 0) is 16.1 Å². The van der Waals surface area contributed by atoms with Gasteiger partial charge in [-0.1, -0.05) is 5.16 Å². The summed E-state index contributed by atoms with van der Waals surface area (Å²) in [4.78, 5) is 28.1. The van der Waals surface area contributed by atoms with Crippen LogP contribution in [-0.4, -0.2) is 33.5 Å². The molecule has 2 N–H and O–H groups in total. The van der Waals surface area contributed by atoms with Gasteiger partial charge in [0.2, 0.25) is 11.8 Å². The molecule has 0 spiro atoms. The van der Waals surface area contributed by atoms with Gasteiger partial charge in [0.25, 0.3) is 0 Å². The summed E-state index contributed by atoms with van der Waals surface area (Å²) in [6, 6.07) is 1.63. The van der Waals surface area contributed by atoms with Gasteiger partial charge in [0.15, 0.2) is 5.82 Å². The molecule has 0 atom stereocenters. The minimum absolute atomic E-state index is 0.113. The summed E-state index contributed by atoms with van der Waals surface area (Å²) in [6.45, 7) is 2.21. The van der Waals surface area contributed by atoms with E-state index in [4.69, 9.17) is 4.52 Å². The number of rotatable bonds is 7. The molecule has 0 saturated heterocycles. The number of aromatic nitrogens is 2. The van der Waals surface area contributed by atoms with E-state index in [1.807, 2.05) is 0 Å². The molecule has 0 saturated carbocycles. The lowest BCUT2D eigenvalue weighted by Gasteiger charge is -2.03. The molecule has 2 aromatic heterocycles. The van der Waals surface area contributed by atoms with Gasteiger partial charge in [-0.05, 0) is 6.92 Å². The van der Waals surface area contributed by atoms with Gasteiger partial charge in [0, 0.05) is 17.1 Å². The van der Waals surface area contributed by atoms with Gasteiger partial charge < -0.3 is 15.2 Å². The molecule has 0 aliphatic heterocycles. The van der Waals surface area contributed by atoms with Crippen LogP contribution in [0.2, 0.25) is 0 Å². The highest BCUT2D eigenvalue weighted by molar-refractivity contribution is 8.00. The highest BCUT2D eigenvalue weighted by Crippen LogP contribution is 2.08. The van der Waals surface area contributed by atoms with Gasteiger partial charge in [0.1, 0.15) is 5.76 Å².